The highest BCUT2D eigenvalue weighted by Crippen LogP contribution is 2.18. The Morgan fingerprint density at radius 2 is 2.21 bits per heavy atom. The van der Waals surface area contributed by atoms with E-state index in [-0.39, 0.29) is 23.1 Å². The highest BCUT2D eigenvalue weighted by molar-refractivity contribution is 6.31. The molecular formula is C14H19ClFNO2. The summed E-state index contributed by atoms with van der Waals surface area (Å²) in [6.45, 7) is 2.56. The molecule has 0 saturated carbocycles. The lowest BCUT2D eigenvalue weighted by molar-refractivity contribution is 0.0939. The second kappa shape index (κ2) is 8.12. The number of benzene rings is 1. The fourth-order valence-electron chi connectivity index (χ4n) is 1.95. The number of aliphatic hydroxyl groups excluding tert-OH is 1. The van der Waals surface area contributed by atoms with E-state index in [4.69, 9.17) is 16.7 Å². The monoisotopic (exact) mass is 287 g/mol. The van der Waals surface area contributed by atoms with Crippen molar-refractivity contribution in [1.29, 1.82) is 0 Å². The Bertz CT molecular complexity index is 420. The Morgan fingerprint density at radius 1 is 1.47 bits per heavy atom. The molecule has 0 spiro atoms. The predicted molar refractivity (Wildman–Crippen MR) is 73.8 cm³/mol. The lowest BCUT2D eigenvalue weighted by atomic mass is 10.00. The molecule has 1 atom stereocenters. The molecule has 5 heteroatoms. The van der Waals surface area contributed by atoms with Crippen LogP contribution in [0.15, 0.2) is 18.2 Å². The number of amides is 1. The van der Waals surface area contributed by atoms with Gasteiger partial charge >= 0.3 is 0 Å². The lowest BCUT2D eigenvalue weighted by Crippen LogP contribution is -2.30. The van der Waals surface area contributed by atoms with E-state index in [1.54, 1.807) is 0 Å². The van der Waals surface area contributed by atoms with Crippen molar-refractivity contribution >= 4 is 17.5 Å². The maximum Gasteiger partial charge on any atom is 0.254 e. The molecule has 3 nitrogen and oxygen atoms in total. The normalized spacial score (nSPS) is 12.2. The molecule has 0 bridgehead atoms. The summed E-state index contributed by atoms with van der Waals surface area (Å²) in [7, 11) is 0. The largest absolute Gasteiger partial charge is 0.396 e. The first-order valence-corrected chi connectivity index (χ1v) is 6.81. The molecule has 0 fully saturated rings. The molecule has 1 amide bonds. The first-order chi connectivity index (χ1) is 9.10. The molecule has 106 valence electrons. The van der Waals surface area contributed by atoms with Gasteiger partial charge in [-0.15, -0.1) is 0 Å². The van der Waals surface area contributed by atoms with E-state index in [9.17, 15) is 9.18 Å². The zero-order valence-electron chi connectivity index (χ0n) is 11.0. The molecule has 0 aliphatic carbocycles. The van der Waals surface area contributed by atoms with E-state index in [2.05, 4.69) is 5.32 Å². The van der Waals surface area contributed by atoms with Gasteiger partial charge in [-0.25, -0.2) is 4.39 Å². The number of nitrogens with one attached hydrogen (secondary N) is 1. The Balaban J connectivity index is 2.61. The number of aliphatic hydroxyl groups is 1. The van der Waals surface area contributed by atoms with Crippen LogP contribution < -0.4 is 5.32 Å². The standard InChI is InChI=1S/C14H19ClFNO2/c1-2-4-10(7-8-18)9-17-14(19)11-5-3-6-12(15)13(11)16/h3,5-6,10,18H,2,4,7-9H2,1H3,(H,17,19). The fraction of sp³-hybridized carbons (Fsp3) is 0.500. The van der Waals surface area contributed by atoms with E-state index in [1.807, 2.05) is 6.92 Å². The fourth-order valence-corrected chi connectivity index (χ4v) is 2.13. The minimum absolute atomic E-state index is 0.0493. The van der Waals surface area contributed by atoms with Gasteiger partial charge < -0.3 is 10.4 Å². The molecule has 0 saturated heterocycles. The van der Waals surface area contributed by atoms with Crippen molar-refractivity contribution in [3.63, 3.8) is 0 Å². The van der Waals surface area contributed by atoms with Gasteiger partial charge in [-0.1, -0.05) is 31.0 Å². The zero-order valence-corrected chi connectivity index (χ0v) is 11.7. The number of carbonyl (C=O) groups excluding carboxylic acids is 1. The molecule has 1 rings (SSSR count). The van der Waals surface area contributed by atoms with Crippen molar-refractivity contribution < 1.29 is 14.3 Å². The third kappa shape index (κ3) is 4.80. The van der Waals surface area contributed by atoms with Crippen LogP contribution in [0.4, 0.5) is 4.39 Å². The molecule has 1 aromatic carbocycles. The second-order valence-corrected chi connectivity index (χ2v) is 4.89. The summed E-state index contributed by atoms with van der Waals surface area (Å²) in [5.74, 6) is -0.962. The van der Waals surface area contributed by atoms with Crippen molar-refractivity contribution in [3.8, 4) is 0 Å². The second-order valence-electron chi connectivity index (χ2n) is 4.48. The smallest absolute Gasteiger partial charge is 0.254 e. The number of hydrogen-bond donors (Lipinski definition) is 2. The van der Waals surface area contributed by atoms with Gasteiger partial charge in [0.2, 0.25) is 0 Å². The van der Waals surface area contributed by atoms with Crippen LogP contribution in [-0.4, -0.2) is 24.2 Å². The molecule has 1 aromatic rings. The van der Waals surface area contributed by atoms with Crippen LogP contribution in [-0.2, 0) is 0 Å². The Morgan fingerprint density at radius 3 is 2.84 bits per heavy atom. The Labute approximate surface area is 117 Å². The highest BCUT2D eigenvalue weighted by Gasteiger charge is 2.15. The van der Waals surface area contributed by atoms with Crippen LogP contribution in [0.5, 0.6) is 0 Å². The molecule has 1 unspecified atom stereocenters. The average Bonchev–Trinajstić information content (AvgIpc) is 2.39. The number of carbonyl (C=O) groups is 1. The predicted octanol–water partition coefficient (Wildman–Crippen LogP) is 3.01. The zero-order chi connectivity index (χ0) is 14.3. The molecule has 0 aliphatic rings. The van der Waals surface area contributed by atoms with Crippen molar-refractivity contribution in [1.82, 2.24) is 5.32 Å². The van der Waals surface area contributed by atoms with Crippen molar-refractivity contribution in [3.05, 3.63) is 34.6 Å². The van der Waals surface area contributed by atoms with E-state index in [1.165, 1.54) is 18.2 Å². The molecule has 0 aromatic heterocycles. The first-order valence-electron chi connectivity index (χ1n) is 6.43. The third-order valence-electron chi connectivity index (χ3n) is 2.98. The van der Waals surface area contributed by atoms with E-state index < -0.39 is 11.7 Å². The summed E-state index contributed by atoms with van der Waals surface area (Å²) in [5.41, 5.74) is -0.0493. The maximum atomic E-state index is 13.6. The van der Waals surface area contributed by atoms with Gasteiger partial charge in [-0.3, -0.25) is 4.79 Å². The van der Waals surface area contributed by atoms with Crippen LogP contribution in [0.3, 0.4) is 0 Å². The minimum atomic E-state index is -0.698. The molecule has 0 aliphatic heterocycles. The van der Waals surface area contributed by atoms with Gasteiger partial charge in [0.25, 0.3) is 5.91 Å². The summed E-state index contributed by atoms with van der Waals surface area (Å²) in [5, 5.41) is 11.6. The quantitative estimate of drug-likeness (QED) is 0.810. The first kappa shape index (κ1) is 15.9. The van der Waals surface area contributed by atoms with Crippen molar-refractivity contribution in [2.24, 2.45) is 5.92 Å². The summed E-state index contributed by atoms with van der Waals surface area (Å²) in [6.07, 6.45) is 2.52. The summed E-state index contributed by atoms with van der Waals surface area (Å²) in [6, 6.07) is 4.34. The summed E-state index contributed by atoms with van der Waals surface area (Å²) in [4.78, 5) is 11.9. The van der Waals surface area contributed by atoms with Crippen molar-refractivity contribution in [2.45, 2.75) is 26.2 Å². The number of hydrogen-bond acceptors (Lipinski definition) is 2. The van der Waals surface area contributed by atoms with Gasteiger partial charge in [-0.2, -0.15) is 0 Å². The third-order valence-corrected chi connectivity index (χ3v) is 3.27. The Kier molecular flexibility index (Phi) is 6.81. The summed E-state index contributed by atoms with van der Waals surface area (Å²) >= 11 is 5.63. The topological polar surface area (TPSA) is 49.3 Å². The molecular weight excluding hydrogens is 269 g/mol. The van der Waals surface area contributed by atoms with Gasteiger partial charge in [-0.05, 0) is 30.9 Å². The average molecular weight is 288 g/mol. The minimum Gasteiger partial charge on any atom is -0.396 e. The van der Waals surface area contributed by atoms with Crippen LogP contribution in [0.2, 0.25) is 5.02 Å². The SMILES string of the molecule is CCCC(CCO)CNC(=O)c1cccc(Cl)c1F. The molecule has 2 N–H and O–H groups in total. The molecule has 0 heterocycles. The lowest BCUT2D eigenvalue weighted by Gasteiger charge is -2.15. The molecule has 0 radical (unpaired) electrons. The van der Waals surface area contributed by atoms with Crippen LogP contribution >= 0.6 is 11.6 Å². The summed E-state index contributed by atoms with van der Waals surface area (Å²) < 4.78 is 13.6. The van der Waals surface area contributed by atoms with E-state index in [0.717, 1.165) is 12.8 Å². The van der Waals surface area contributed by atoms with Gasteiger partial charge in [0.15, 0.2) is 5.82 Å². The van der Waals surface area contributed by atoms with Crippen LogP contribution in [0.1, 0.15) is 36.5 Å². The number of halogens is 2. The maximum absolute atomic E-state index is 13.6. The Hall–Kier alpha value is -1.13. The van der Waals surface area contributed by atoms with E-state index in [0.29, 0.717) is 13.0 Å². The van der Waals surface area contributed by atoms with Crippen LogP contribution in [0.25, 0.3) is 0 Å². The van der Waals surface area contributed by atoms with Gasteiger partial charge in [0.05, 0.1) is 10.6 Å². The van der Waals surface area contributed by atoms with Gasteiger partial charge in [0, 0.05) is 13.2 Å². The number of rotatable bonds is 7. The van der Waals surface area contributed by atoms with E-state index >= 15 is 0 Å². The molecule has 19 heavy (non-hydrogen) atoms. The van der Waals surface area contributed by atoms with Gasteiger partial charge in [0.1, 0.15) is 0 Å². The van der Waals surface area contributed by atoms with Crippen LogP contribution in [0, 0.1) is 11.7 Å². The van der Waals surface area contributed by atoms with Crippen molar-refractivity contribution in [2.75, 3.05) is 13.2 Å². The highest BCUT2D eigenvalue weighted by atomic mass is 35.5.